The van der Waals surface area contributed by atoms with E-state index in [1.807, 2.05) is 30.3 Å². The Labute approximate surface area is 168 Å². The summed E-state index contributed by atoms with van der Waals surface area (Å²) in [7, 11) is 3.27. The summed E-state index contributed by atoms with van der Waals surface area (Å²) in [5, 5.41) is 1.02. The van der Waals surface area contributed by atoms with Gasteiger partial charge in [0, 0.05) is 23.4 Å². The number of rotatable bonds is 5. The Balaban J connectivity index is 1.57. The van der Waals surface area contributed by atoms with Crippen LogP contribution >= 0.6 is 11.3 Å². The van der Waals surface area contributed by atoms with E-state index in [2.05, 4.69) is 42.2 Å². The predicted octanol–water partition coefficient (Wildman–Crippen LogP) is 6.04. The highest BCUT2D eigenvalue weighted by Gasteiger charge is 2.07. The minimum absolute atomic E-state index is 0.726. The molecule has 0 amide bonds. The lowest BCUT2D eigenvalue weighted by molar-refractivity contribution is 0.394. The van der Waals surface area contributed by atoms with Gasteiger partial charge in [0.2, 0.25) is 0 Å². The minimum atomic E-state index is 0.726. The van der Waals surface area contributed by atoms with Crippen molar-refractivity contribution in [2.24, 2.45) is 4.99 Å². The fourth-order valence-corrected chi connectivity index (χ4v) is 3.98. The molecule has 0 saturated heterocycles. The van der Waals surface area contributed by atoms with E-state index in [-0.39, 0.29) is 0 Å². The number of hydrogen-bond acceptors (Lipinski definition) is 5. The van der Waals surface area contributed by atoms with Gasteiger partial charge in [-0.1, -0.05) is 6.07 Å². The summed E-state index contributed by atoms with van der Waals surface area (Å²) < 4.78 is 11.9. The van der Waals surface area contributed by atoms with Gasteiger partial charge in [0.1, 0.15) is 16.5 Å². The summed E-state index contributed by atoms with van der Waals surface area (Å²) in [6.45, 7) is 2.10. The minimum Gasteiger partial charge on any atom is -0.497 e. The normalized spacial score (nSPS) is 11.2. The molecule has 0 N–H and O–H groups in total. The van der Waals surface area contributed by atoms with Crippen molar-refractivity contribution < 1.29 is 9.47 Å². The third kappa shape index (κ3) is 3.75. The lowest BCUT2D eigenvalue weighted by Gasteiger charge is -2.06. The van der Waals surface area contributed by atoms with Gasteiger partial charge in [-0.3, -0.25) is 4.99 Å². The Morgan fingerprint density at radius 1 is 0.929 bits per heavy atom. The first-order chi connectivity index (χ1) is 13.7. The van der Waals surface area contributed by atoms with E-state index in [0.29, 0.717) is 0 Å². The van der Waals surface area contributed by atoms with Crippen LogP contribution in [0.25, 0.3) is 20.8 Å². The quantitative estimate of drug-likeness (QED) is 0.392. The molecule has 0 aliphatic heterocycles. The van der Waals surface area contributed by atoms with Crippen molar-refractivity contribution in [3.8, 4) is 22.1 Å². The molecule has 1 aromatic heterocycles. The Hall–Kier alpha value is -3.18. The Bertz CT molecular complexity index is 1150. The summed E-state index contributed by atoms with van der Waals surface area (Å²) in [6.07, 6.45) is 1.80. The number of benzene rings is 3. The van der Waals surface area contributed by atoms with Crippen LogP contribution in [0.15, 0.2) is 65.7 Å². The molecular weight excluding hydrogens is 368 g/mol. The van der Waals surface area contributed by atoms with Gasteiger partial charge in [0.15, 0.2) is 0 Å². The zero-order valence-corrected chi connectivity index (χ0v) is 16.8. The molecule has 0 saturated carbocycles. The fraction of sp³-hybridized carbons (Fsp3) is 0.130. The highest BCUT2D eigenvalue weighted by molar-refractivity contribution is 7.21. The van der Waals surface area contributed by atoms with Crippen molar-refractivity contribution in [2.45, 2.75) is 6.92 Å². The predicted molar refractivity (Wildman–Crippen MR) is 117 cm³/mol. The van der Waals surface area contributed by atoms with Crippen LogP contribution in [0.5, 0.6) is 11.5 Å². The summed E-state index contributed by atoms with van der Waals surface area (Å²) >= 11 is 1.71. The van der Waals surface area contributed by atoms with Crippen LogP contribution in [0.1, 0.15) is 11.1 Å². The fourth-order valence-electron chi connectivity index (χ4n) is 2.91. The highest BCUT2D eigenvalue weighted by Crippen LogP contribution is 2.31. The van der Waals surface area contributed by atoms with Crippen molar-refractivity contribution in [3.63, 3.8) is 0 Å². The van der Waals surface area contributed by atoms with Crippen LogP contribution in [-0.2, 0) is 0 Å². The molecule has 4 aromatic rings. The average molecular weight is 388 g/mol. The molecule has 4 nitrogen and oxygen atoms in total. The van der Waals surface area contributed by atoms with Gasteiger partial charge in [-0.25, -0.2) is 4.98 Å². The standard InChI is InChI=1S/C23H20N2O2S/c1-15-4-11-20-22(12-15)28-23(25-20)16-5-8-18(9-6-16)24-14-17-7-10-19(26-2)13-21(17)27-3/h4-14H,1-3H3. The number of aliphatic imine (C=N–C) groups is 1. The monoisotopic (exact) mass is 388 g/mol. The first kappa shape index (κ1) is 18.2. The van der Waals surface area contributed by atoms with E-state index in [1.165, 1.54) is 10.3 Å². The summed E-state index contributed by atoms with van der Waals surface area (Å²) in [5.74, 6) is 1.48. The van der Waals surface area contributed by atoms with Crippen molar-refractivity contribution in [1.82, 2.24) is 4.98 Å². The van der Waals surface area contributed by atoms with Gasteiger partial charge >= 0.3 is 0 Å². The number of aryl methyl sites for hydroxylation is 1. The number of fused-ring (bicyclic) bond motifs is 1. The van der Waals surface area contributed by atoms with Gasteiger partial charge in [0.25, 0.3) is 0 Å². The molecule has 0 atom stereocenters. The lowest BCUT2D eigenvalue weighted by Crippen LogP contribution is -1.92. The van der Waals surface area contributed by atoms with Gasteiger partial charge in [-0.15, -0.1) is 11.3 Å². The van der Waals surface area contributed by atoms with Gasteiger partial charge in [0.05, 0.1) is 30.1 Å². The molecule has 1 heterocycles. The third-order valence-corrected chi connectivity index (χ3v) is 5.52. The Kier molecular flexibility index (Phi) is 5.08. The molecule has 4 rings (SSSR count). The summed E-state index contributed by atoms with van der Waals surface area (Å²) in [6, 6.07) is 20.1. The van der Waals surface area contributed by atoms with Gasteiger partial charge < -0.3 is 9.47 Å². The highest BCUT2D eigenvalue weighted by atomic mass is 32.1. The van der Waals surface area contributed by atoms with Crippen molar-refractivity contribution in [1.29, 1.82) is 0 Å². The van der Waals surface area contributed by atoms with E-state index in [4.69, 9.17) is 14.5 Å². The number of aromatic nitrogens is 1. The van der Waals surface area contributed by atoms with E-state index in [9.17, 15) is 0 Å². The van der Waals surface area contributed by atoms with Crippen molar-refractivity contribution >= 4 is 33.5 Å². The number of nitrogens with zero attached hydrogens (tertiary/aromatic N) is 2. The number of thiazole rings is 1. The zero-order valence-electron chi connectivity index (χ0n) is 16.0. The molecule has 5 heteroatoms. The second-order valence-electron chi connectivity index (χ2n) is 6.40. The van der Waals surface area contributed by atoms with E-state index < -0.39 is 0 Å². The van der Waals surface area contributed by atoms with Crippen LogP contribution < -0.4 is 9.47 Å². The van der Waals surface area contributed by atoms with Crippen LogP contribution in [0, 0.1) is 6.92 Å². The Morgan fingerprint density at radius 3 is 2.50 bits per heavy atom. The van der Waals surface area contributed by atoms with Crippen LogP contribution in [0.2, 0.25) is 0 Å². The first-order valence-corrected chi connectivity index (χ1v) is 9.71. The Morgan fingerprint density at radius 2 is 1.75 bits per heavy atom. The molecule has 0 radical (unpaired) electrons. The van der Waals surface area contributed by atoms with Crippen molar-refractivity contribution in [3.05, 3.63) is 71.8 Å². The van der Waals surface area contributed by atoms with Gasteiger partial charge in [-0.05, 0) is 61.0 Å². The number of ether oxygens (including phenoxy) is 2. The number of methoxy groups -OCH3 is 2. The molecule has 0 spiro atoms. The largest absolute Gasteiger partial charge is 0.497 e. The second-order valence-corrected chi connectivity index (χ2v) is 7.43. The van der Waals surface area contributed by atoms with E-state index >= 15 is 0 Å². The maximum Gasteiger partial charge on any atom is 0.131 e. The van der Waals surface area contributed by atoms with Crippen LogP contribution in [0.4, 0.5) is 5.69 Å². The molecule has 0 aliphatic rings. The molecule has 0 fully saturated rings. The lowest BCUT2D eigenvalue weighted by atomic mass is 10.2. The van der Waals surface area contributed by atoms with Crippen molar-refractivity contribution in [2.75, 3.05) is 14.2 Å². The van der Waals surface area contributed by atoms with E-state index in [0.717, 1.165) is 38.8 Å². The molecule has 28 heavy (non-hydrogen) atoms. The SMILES string of the molecule is COc1ccc(C=Nc2ccc(-c3nc4ccc(C)cc4s3)cc2)c(OC)c1. The van der Waals surface area contributed by atoms with Gasteiger partial charge in [-0.2, -0.15) is 0 Å². The summed E-state index contributed by atoms with van der Waals surface area (Å²) in [4.78, 5) is 9.30. The zero-order chi connectivity index (χ0) is 19.5. The molecule has 0 bridgehead atoms. The molecule has 0 unspecified atom stereocenters. The summed E-state index contributed by atoms with van der Waals surface area (Å²) in [5.41, 5.74) is 5.16. The third-order valence-electron chi connectivity index (χ3n) is 4.45. The molecular formula is C23H20N2O2S. The second kappa shape index (κ2) is 7.82. The average Bonchev–Trinajstić information content (AvgIpc) is 3.15. The maximum atomic E-state index is 5.41. The first-order valence-electron chi connectivity index (χ1n) is 8.90. The van der Waals surface area contributed by atoms with Crippen LogP contribution in [0.3, 0.4) is 0 Å². The molecule has 0 aliphatic carbocycles. The maximum absolute atomic E-state index is 5.41. The smallest absolute Gasteiger partial charge is 0.131 e. The molecule has 3 aromatic carbocycles. The molecule has 140 valence electrons. The van der Waals surface area contributed by atoms with Crippen LogP contribution in [-0.4, -0.2) is 25.4 Å². The topological polar surface area (TPSA) is 43.7 Å². The number of hydrogen-bond donors (Lipinski definition) is 0. The van der Waals surface area contributed by atoms with E-state index in [1.54, 1.807) is 31.8 Å².